The van der Waals surface area contributed by atoms with Crippen molar-refractivity contribution in [2.24, 2.45) is 0 Å². The molecule has 0 fully saturated rings. The van der Waals surface area contributed by atoms with Crippen LogP contribution in [0.25, 0.3) is 11.0 Å². The number of anilines is 1. The number of ether oxygens (including phenoxy) is 2. The number of methoxy groups -OCH3 is 2. The molecule has 0 aliphatic rings. The Bertz CT molecular complexity index is 1470. The van der Waals surface area contributed by atoms with Gasteiger partial charge in [-0.05, 0) is 74.4 Å². The van der Waals surface area contributed by atoms with Crippen LogP contribution in [0.5, 0.6) is 11.5 Å². The van der Waals surface area contributed by atoms with Gasteiger partial charge in [-0.1, -0.05) is 30.3 Å². The lowest BCUT2D eigenvalue weighted by Crippen LogP contribution is -2.51. The second-order valence-corrected chi connectivity index (χ2v) is 9.72. The van der Waals surface area contributed by atoms with E-state index in [1.807, 2.05) is 39.0 Å². The lowest BCUT2D eigenvalue weighted by Gasteiger charge is -2.34. The summed E-state index contributed by atoms with van der Waals surface area (Å²) in [6.07, 6.45) is 0.660. The van der Waals surface area contributed by atoms with E-state index in [1.54, 1.807) is 24.3 Å². The molecule has 0 radical (unpaired) electrons. The van der Waals surface area contributed by atoms with Gasteiger partial charge < -0.3 is 14.8 Å². The number of nitrogens with zero attached hydrogens (tertiary/aromatic N) is 4. The third-order valence-corrected chi connectivity index (χ3v) is 6.65. The molecule has 1 atom stereocenters. The minimum absolute atomic E-state index is 0.202. The summed E-state index contributed by atoms with van der Waals surface area (Å²) in [5.41, 5.74) is 1.58. The average Bonchev–Trinajstić information content (AvgIpc) is 3.34. The van der Waals surface area contributed by atoms with Gasteiger partial charge in [0.15, 0.2) is 11.5 Å². The third-order valence-electron chi connectivity index (χ3n) is 6.65. The predicted octanol–water partition coefficient (Wildman–Crippen LogP) is 4.67. The van der Waals surface area contributed by atoms with Gasteiger partial charge in [0, 0.05) is 11.2 Å². The van der Waals surface area contributed by atoms with E-state index < -0.39 is 29.2 Å². The molecule has 39 heavy (non-hydrogen) atoms. The number of aromatic nitrogens is 3. The topological polar surface area (TPSA) is 98.6 Å². The molecule has 204 valence electrons. The van der Waals surface area contributed by atoms with Gasteiger partial charge in [-0.25, -0.2) is 9.07 Å². The second kappa shape index (κ2) is 11.5. The van der Waals surface area contributed by atoms with Gasteiger partial charge in [0.05, 0.1) is 19.7 Å². The van der Waals surface area contributed by atoms with E-state index in [0.717, 1.165) is 0 Å². The second-order valence-electron chi connectivity index (χ2n) is 9.72. The van der Waals surface area contributed by atoms with Crippen molar-refractivity contribution in [3.05, 3.63) is 78.1 Å². The summed E-state index contributed by atoms with van der Waals surface area (Å²) in [4.78, 5) is 29.4. The highest BCUT2D eigenvalue weighted by Crippen LogP contribution is 2.35. The molecule has 0 saturated carbocycles. The fraction of sp³-hybridized carbons (Fsp3) is 0.310. The van der Waals surface area contributed by atoms with Crippen molar-refractivity contribution in [2.75, 3.05) is 19.1 Å². The maximum atomic E-state index is 14.1. The first-order chi connectivity index (χ1) is 18.7. The van der Waals surface area contributed by atoms with Crippen LogP contribution in [0.15, 0.2) is 66.7 Å². The number of carbonyl (C=O) groups is 2. The summed E-state index contributed by atoms with van der Waals surface area (Å²) in [5, 5.41) is 11.3. The first-order valence-electron chi connectivity index (χ1n) is 12.6. The molecule has 4 rings (SSSR count). The minimum Gasteiger partial charge on any atom is -0.493 e. The van der Waals surface area contributed by atoms with Gasteiger partial charge in [-0.2, -0.15) is 0 Å². The molecule has 0 saturated heterocycles. The minimum atomic E-state index is -1.12. The van der Waals surface area contributed by atoms with E-state index in [1.165, 1.54) is 48.1 Å². The van der Waals surface area contributed by atoms with Crippen LogP contribution in [-0.2, 0) is 16.1 Å². The zero-order valence-electron chi connectivity index (χ0n) is 22.6. The predicted molar refractivity (Wildman–Crippen MR) is 146 cm³/mol. The molecule has 3 aromatic carbocycles. The first kappa shape index (κ1) is 27.6. The van der Waals surface area contributed by atoms with E-state index in [9.17, 15) is 14.0 Å². The highest BCUT2D eigenvalue weighted by atomic mass is 19.1. The van der Waals surface area contributed by atoms with E-state index in [4.69, 9.17) is 9.47 Å². The molecule has 1 heterocycles. The van der Waals surface area contributed by atoms with E-state index in [0.29, 0.717) is 40.2 Å². The number of para-hydroxylation sites is 1. The van der Waals surface area contributed by atoms with E-state index in [2.05, 4.69) is 15.6 Å². The molecular weight excluding hydrogens is 501 g/mol. The summed E-state index contributed by atoms with van der Waals surface area (Å²) in [6, 6.07) is 16.6. The average molecular weight is 534 g/mol. The summed E-state index contributed by atoms with van der Waals surface area (Å²) in [5.74, 6) is -0.441. The van der Waals surface area contributed by atoms with E-state index >= 15 is 0 Å². The molecule has 2 amide bonds. The van der Waals surface area contributed by atoms with Gasteiger partial charge in [0.25, 0.3) is 0 Å². The zero-order valence-corrected chi connectivity index (χ0v) is 22.6. The van der Waals surface area contributed by atoms with Crippen molar-refractivity contribution in [1.82, 2.24) is 20.3 Å². The quantitative estimate of drug-likeness (QED) is 0.318. The van der Waals surface area contributed by atoms with Crippen LogP contribution >= 0.6 is 0 Å². The van der Waals surface area contributed by atoms with Gasteiger partial charge in [-0.3, -0.25) is 14.5 Å². The van der Waals surface area contributed by atoms with Gasteiger partial charge >= 0.3 is 0 Å². The molecule has 0 bridgehead atoms. The summed E-state index contributed by atoms with van der Waals surface area (Å²) in [7, 11) is 3.01. The summed E-state index contributed by atoms with van der Waals surface area (Å²) < 4.78 is 26.3. The Balaban J connectivity index is 1.86. The van der Waals surface area contributed by atoms with Crippen molar-refractivity contribution in [3.8, 4) is 11.5 Å². The van der Waals surface area contributed by atoms with Crippen molar-refractivity contribution < 1.29 is 23.5 Å². The largest absolute Gasteiger partial charge is 0.493 e. The highest BCUT2D eigenvalue weighted by Gasteiger charge is 2.36. The molecule has 0 aliphatic heterocycles. The van der Waals surface area contributed by atoms with E-state index in [-0.39, 0.29) is 6.54 Å². The number of fused-ring (bicyclic) bond motifs is 1. The Kier molecular flexibility index (Phi) is 8.13. The monoisotopic (exact) mass is 533 g/mol. The number of halogens is 1. The molecule has 0 aliphatic carbocycles. The Morgan fingerprint density at radius 1 is 1.03 bits per heavy atom. The molecular formula is C29H32FN5O4. The van der Waals surface area contributed by atoms with Crippen molar-refractivity contribution >= 4 is 28.5 Å². The van der Waals surface area contributed by atoms with Gasteiger partial charge in [0.1, 0.15) is 23.9 Å². The Morgan fingerprint density at radius 2 is 1.72 bits per heavy atom. The number of hydrogen-bond acceptors (Lipinski definition) is 6. The fourth-order valence-electron chi connectivity index (χ4n) is 4.21. The molecule has 0 unspecified atom stereocenters. The van der Waals surface area contributed by atoms with Crippen molar-refractivity contribution in [1.29, 1.82) is 0 Å². The molecule has 4 aromatic rings. The van der Waals surface area contributed by atoms with Crippen LogP contribution in [0.4, 0.5) is 10.1 Å². The number of carbonyl (C=O) groups excluding carboxylic acids is 2. The van der Waals surface area contributed by atoms with Crippen LogP contribution in [0.2, 0.25) is 0 Å². The maximum absolute atomic E-state index is 14.1. The molecule has 0 spiro atoms. The molecule has 10 heteroatoms. The number of amides is 2. The molecule has 1 aromatic heterocycles. The fourth-order valence-corrected chi connectivity index (χ4v) is 4.21. The zero-order chi connectivity index (χ0) is 28.2. The van der Waals surface area contributed by atoms with Crippen LogP contribution in [0, 0.1) is 5.82 Å². The molecule has 9 nitrogen and oxygen atoms in total. The van der Waals surface area contributed by atoms with Crippen molar-refractivity contribution in [2.45, 2.75) is 45.3 Å². The lowest BCUT2D eigenvalue weighted by atomic mass is 9.98. The number of benzene rings is 3. The Labute approximate surface area is 226 Å². The number of hydrogen-bond donors (Lipinski definition) is 1. The summed E-state index contributed by atoms with van der Waals surface area (Å²) >= 11 is 0. The first-order valence-corrected chi connectivity index (χ1v) is 12.6. The molecule has 1 N–H and O–H groups in total. The standard InChI is InChI=1S/C29H32FN5O4/c1-6-29(2,3)31-28(37)27(19-11-16-24(38-4)25(17-19)39-5)35(21-14-12-20(30)13-15-21)26(36)18-34-23-10-8-7-9-22(23)32-33-34/h7-17,27H,6,18H2,1-5H3,(H,31,37)/t27-/m1/s1. The van der Waals surface area contributed by atoms with Crippen molar-refractivity contribution in [3.63, 3.8) is 0 Å². The smallest absolute Gasteiger partial charge is 0.249 e. The van der Waals surface area contributed by atoms with Crippen LogP contribution in [-0.4, -0.2) is 46.6 Å². The SMILES string of the molecule is CCC(C)(C)NC(=O)[C@@H](c1ccc(OC)c(OC)c1)N(C(=O)Cn1nnc2ccccc21)c1ccc(F)cc1. The van der Waals surface area contributed by atoms with Crippen LogP contribution < -0.4 is 19.7 Å². The Hall–Kier alpha value is -4.47. The number of rotatable bonds is 10. The Morgan fingerprint density at radius 3 is 2.38 bits per heavy atom. The normalized spacial score (nSPS) is 12.2. The maximum Gasteiger partial charge on any atom is 0.249 e. The van der Waals surface area contributed by atoms with Crippen LogP contribution in [0.1, 0.15) is 38.8 Å². The summed E-state index contributed by atoms with van der Waals surface area (Å²) in [6.45, 7) is 5.57. The third kappa shape index (κ3) is 6.00. The van der Waals surface area contributed by atoms with Gasteiger partial charge in [0.2, 0.25) is 11.8 Å². The number of nitrogens with one attached hydrogen (secondary N) is 1. The van der Waals surface area contributed by atoms with Crippen LogP contribution in [0.3, 0.4) is 0 Å². The lowest BCUT2D eigenvalue weighted by molar-refractivity contribution is -0.128. The highest BCUT2D eigenvalue weighted by molar-refractivity contribution is 6.01. The van der Waals surface area contributed by atoms with Gasteiger partial charge in [-0.15, -0.1) is 5.10 Å².